The van der Waals surface area contributed by atoms with E-state index in [0.717, 1.165) is 15.8 Å². The number of alkyl halides is 3. The molecular formula is C22H19F3N6O3. The van der Waals surface area contributed by atoms with Crippen molar-refractivity contribution in [3.8, 4) is 0 Å². The zero-order valence-electron chi connectivity index (χ0n) is 18.3. The van der Waals surface area contributed by atoms with Gasteiger partial charge in [0, 0.05) is 23.5 Å². The summed E-state index contributed by atoms with van der Waals surface area (Å²) in [6.07, 6.45) is -4.82. The highest BCUT2D eigenvalue weighted by atomic mass is 19.4. The first kappa shape index (κ1) is 23.0. The van der Waals surface area contributed by atoms with E-state index < -0.39 is 28.9 Å². The summed E-state index contributed by atoms with van der Waals surface area (Å²) in [6.45, 7) is 5.23. The van der Waals surface area contributed by atoms with Gasteiger partial charge in [-0.25, -0.2) is 4.68 Å². The molecule has 3 aromatic rings. The van der Waals surface area contributed by atoms with Gasteiger partial charge in [-0.2, -0.15) is 18.2 Å². The predicted molar refractivity (Wildman–Crippen MR) is 117 cm³/mol. The first-order valence-corrected chi connectivity index (χ1v) is 10.1. The number of fused-ring (bicyclic) bond motifs is 1. The van der Waals surface area contributed by atoms with Crippen LogP contribution in [-0.4, -0.2) is 25.6 Å². The van der Waals surface area contributed by atoms with E-state index in [1.165, 1.54) is 31.2 Å². The van der Waals surface area contributed by atoms with Gasteiger partial charge in [0.25, 0.3) is 17.4 Å². The first-order chi connectivity index (χ1) is 16.0. The molecule has 34 heavy (non-hydrogen) atoms. The number of halogens is 3. The van der Waals surface area contributed by atoms with Crippen LogP contribution in [-0.2, 0) is 11.0 Å². The minimum Gasteiger partial charge on any atom is -0.328 e. The van der Waals surface area contributed by atoms with Crippen molar-refractivity contribution in [2.24, 2.45) is 0 Å². The first-order valence-electron chi connectivity index (χ1n) is 10.1. The molecule has 2 N–H and O–H groups in total. The molecule has 2 heterocycles. The maximum atomic E-state index is 13.4. The van der Waals surface area contributed by atoms with E-state index in [2.05, 4.69) is 20.7 Å². The van der Waals surface area contributed by atoms with Crippen molar-refractivity contribution in [3.63, 3.8) is 0 Å². The van der Waals surface area contributed by atoms with Crippen molar-refractivity contribution in [1.82, 2.24) is 14.8 Å². The standard InChI is InChI=1S/C22H19F3N6O3/c1-11-7-8-16(12(2)9-11)27-19(32)17-13(3)26-21-28-20(22(23,24)25)29-30(21)18(17)14-5-4-6-15(10-14)31(33)34/h4-10,18H,1-3H3,(H,27,32)(H,26,28,29)/t18-/m0/s1. The van der Waals surface area contributed by atoms with E-state index in [4.69, 9.17) is 0 Å². The summed E-state index contributed by atoms with van der Waals surface area (Å²) in [4.78, 5) is 27.6. The zero-order valence-corrected chi connectivity index (χ0v) is 18.3. The van der Waals surface area contributed by atoms with E-state index >= 15 is 0 Å². The van der Waals surface area contributed by atoms with Gasteiger partial charge >= 0.3 is 6.18 Å². The molecule has 12 heteroatoms. The molecule has 1 aliphatic heterocycles. The fourth-order valence-corrected chi connectivity index (χ4v) is 3.83. The maximum Gasteiger partial charge on any atom is 0.453 e. The van der Waals surface area contributed by atoms with Crippen LogP contribution in [0.4, 0.5) is 30.5 Å². The van der Waals surface area contributed by atoms with E-state index in [1.54, 1.807) is 6.07 Å². The van der Waals surface area contributed by atoms with Gasteiger partial charge in [-0.3, -0.25) is 14.9 Å². The topological polar surface area (TPSA) is 115 Å². The van der Waals surface area contributed by atoms with Crippen LogP contribution in [0.2, 0.25) is 0 Å². The Morgan fingerprint density at radius 2 is 1.91 bits per heavy atom. The molecule has 1 atom stereocenters. The number of rotatable bonds is 4. The van der Waals surface area contributed by atoms with Gasteiger partial charge in [0.1, 0.15) is 6.04 Å². The number of nitrogens with one attached hydrogen (secondary N) is 2. The number of hydrogen-bond donors (Lipinski definition) is 2. The Kier molecular flexibility index (Phi) is 5.59. The monoisotopic (exact) mass is 472 g/mol. The number of nitrogens with zero attached hydrogens (tertiary/aromatic N) is 4. The molecule has 0 unspecified atom stereocenters. The number of carbonyl (C=O) groups excluding carboxylic acids is 1. The molecular weight excluding hydrogens is 453 g/mol. The summed E-state index contributed by atoms with van der Waals surface area (Å²) in [7, 11) is 0. The third kappa shape index (κ3) is 4.21. The van der Waals surface area contributed by atoms with Crippen LogP contribution in [0, 0.1) is 24.0 Å². The largest absolute Gasteiger partial charge is 0.453 e. The predicted octanol–water partition coefficient (Wildman–Crippen LogP) is 4.75. The smallest absolute Gasteiger partial charge is 0.328 e. The number of aryl methyl sites for hydroxylation is 2. The van der Waals surface area contributed by atoms with Crippen LogP contribution in [0.3, 0.4) is 0 Å². The number of allylic oxidation sites excluding steroid dienone is 1. The summed E-state index contributed by atoms with van der Waals surface area (Å²) < 4.78 is 41.0. The lowest BCUT2D eigenvalue weighted by Gasteiger charge is -2.28. The zero-order chi connectivity index (χ0) is 24.8. The van der Waals surface area contributed by atoms with Gasteiger partial charge in [-0.1, -0.05) is 29.8 Å². The van der Waals surface area contributed by atoms with Crippen molar-refractivity contribution in [2.45, 2.75) is 33.0 Å². The van der Waals surface area contributed by atoms with Crippen molar-refractivity contribution in [3.05, 3.63) is 86.4 Å². The fourth-order valence-electron chi connectivity index (χ4n) is 3.83. The summed E-state index contributed by atoms with van der Waals surface area (Å²) in [6, 6.07) is 9.55. The Balaban J connectivity index is 1.84. The quantitative estimate of drug-likeness (QED) is 0.418. The molecule has 1 aliphatic rings. The Hall–Kier alpha value is -4.22. The van der Waals surface area contributed by atoms with Gasteiger partial charge in [0.2, 0.25) is 5.95 Å². The fraction of sp³-hybridized carbons (Fsp3) is 0.227. The number of nitro groups is 1. The number of benzene rings is 2. The minimum absolute atomic E-state index is 0.0478. The number of hydrogen-bond acceptors (Lipinski definition) is 6. The minimum atomic E-state index is -4.82. The normalized spacial score (nSPS) is 15.5. The van der Waals surface area contributed by atoms with Crippen LogP contribution in [0.5, 0.6) is 0 Å². The Morgan fingerprint density at radius 1 is 1.18 bits per heavy atom. The van der Waals surface area contributed by atoms with Crippen molar-refractivity contribution < 1.29 is 22.9 Å². The van der Waals surface area contributed by atoms with Crippen LogP contribution in [0.25, 0.3) is 0 Å². The number of aromatic nitrogens is 3. The Bertz CT molecular complexity index is 1350. The van der Waals surface area contributed by atoms with Crippen molar-refractivity contribution in [2.75, 3.05) is 10.6 Å². The highest BCUT2D eigenvalue weighted by molar-refractivity contribution is 6.06. The second-order valence-electron chi connectivity index (χ2n) is 7.89. The summed E-state index contributed by atoms with van der Waals surface area (Å²) in [5.41, 5.74) is 2.53. The second kappa shape index (κ2) is 8.28. The number of non-ortho nitro benzene ring substituents is 1. The SMILES string of the molecule is CC1=C(C(=O)Nc2ccc(C)cc2C)[C@H](c2cccc([N+](=O)[O-])c2)n2nc(C(F)(F)F)nc2N1. The summed E-state index contributed by atoms with van der Waals surface area (Å²) in [5, 5.41) is 20.4. The number of anilines is 2. The maximum absolute atomic E-state index is 13.4. The summed E-state index contributed by atoms with van der Waals surface area (Å²) >= 11 is 0. The third-order valence-electron chi connectivity index (χ3n) is 5.38. The molecule has 0 saturated carbocycles. The lowest BCUT2D eigenvalue weighted by atomic mass is 9.94. The second-order valence-corrected chi connectivity index (χ2v) is 7.89. The molecule has 176 valence electrons. The number of amides is 1. The lowest BCUT2D eigenvalue weighted by Crippen LogP contribution is -2.31. The Morgan fingerprint density at radius 3 is 2.56 bits per heavy atom. The van der Waals surface area contributed by atoms with Crippen LogP contribution >= 0.6 is 0 Å². The number of carbonyl (C=O) groups is 1. The molecule has 0 radical (unpaired) electrons. The molecule has 0 fully saturated rings. The van der Waals surface area contributed by atoms with Crippen molar-refractivity contribution >= 4 is 23.2 Å². The molecule has 4 rings (SSSR count). The van der Waals surface area contributed by atoms with Gasteiger partial charge in [0.15, 0.2) is 0 Å². The average Bonchev–Trinajstić information content (AvgIpc) is 3.19. The molecule has 9 nitrogen and oxygen atoms in total. The molecule has 1 aromatic heterocycles. The van der Waals surface area contributed by atoms with Gasteiger partial charge in [-0.05, 0) is 38.0 Å². The molecule has 0 aliphatic carbocycles. The highest BCUT2D eigenvalue weighted by Crippen LogP contribution is 2.38. The van der Waals surface area contributed by atoms with Gasteiger partial charge in [0.05, 0.1) is 10.5 Å². The van der Waals surface area contributed by atoms with Crippen LogP contribution < -0.4 is 10.6 Å². The van der Waals surface area contributed by atoms with Gasteiger partial charge < -0.3 is 10.6 Å². The molecule has 2 aromatic carbocycles. The van der Waals surface area contributed by atoms with E-state index in [0.29, 0.717) is 5.69 Å². The van der Waals surface area contributed by atoms with Crippen LogP contribution in [0.15, 0.2) is 53.7 Å². The molecule has 0 bridgehead atoms. The number of nitro benzene ring substituents is 1. The van der Waals surface area contributed by atoms with Gasteiger partial charge in [-0.15, -0.1) is 5.10 Å². The average molecular weight is 472 g/mol. The van der Waals surface area contributed by atoms with Crippen LogP contribution in [0.1, 0.15) is 35.5 Å². The van der Waals surface area contributed by atoms with Crippen molar-refractivity contribution in [1.29, 1.82) is 0 Å². The third-order valence-corrected chi connectivity index (χ3v) is 5.38. The van der Waals surface area contributed by atoms with E-state index in [9.17, 15) is 28.1 Å². The molecule has 1 amide bonds. The van der Waals surface area contributed by atoms with E-state index in [1.807, 2.05) is 26.0 Å². The molecule has 0 spiro atoms. The van der Waals surface area contributed by atoms with E-state index in [-0.39, 0.29) is 28.5 Å². The lowest BCUT2D eigenvalue weighted by molar-refractivity contribution is -0.384. The molecule has 0 saturated heterocycles. The Labute approximate surface area is 191 Å². The highest BCUT2D eigenvalue weighted by Gasteiger charge is 2.41. The summed E-state index contributed by atoms with van der Waals surface area (Å²) in [5.74, 6) is -2.22.